The molecule has 0 heterocycles. The minimum atomic E-state index is 0.0856. The molecule has 1 saturated carbocycles. The van der Waals surface area contributed by atoms with Crippen molar-refractivity contribution in [2.75, 3.05) is 5.75 Å². The standard InChI is InChI=1S/C18H20ClNS/c19-14-8-10-15(11-9-14)21-12-18(20)17-7-2-1-6-16(17)13-4-3-5-13/h1-2,6-11,13,18H,3-5,12,20H2. The molecule has 1 fully saturated rings. The summed E-state index contributed by atoms with van der Waals surface area (Å²) >= 11 is 7.71. The molecule has 2 aromatic rings. The Bertz CT molecular complexity index is 592. The Kier molecular flexibility index (Phi) is 4.89. The SMILES string of the molecule is NC(CSc1ccc(Cl)cc1)c1ccccc1C1CCC1. The molecule has 1 aliphatic carbocycles. The van der Waals surface area contributed by atoms with Crippen LogP contribution < -0.4 is 5.73 Å². The highest BCUT2D eigenvalue weighted by atomic mass is 35.5. The highest BCUT2D eigenvalue weighted by molar-refractivity contribution is 7.99. The number of hydrogen-bond acceptors (Lipinski definition) is 2. The van der Waals surface area contributed by atoms with Crippen molar-refractivity contribution in [3.05, 3.63) is 64.7 Å². The molecule has 0 radical (unpaired) electrons. The molecule has 0 aromatic heterocycles. The fourth-order valence-electron chi connectivity index (χ4n) is 2.75. The van der Waals surface area contributed by atoms with Gasteiger partial charge < -0.3 is 5.73 Å². The Hall–Kier alpha value is -0.960. The lowest BCUT2D eigenvalue weighted by atomic mass is 9.77. The summed E-state index contributed by atoms with van der Waals surface area (Å²) in [4.78, 5) is 1.22. The zero-order valence-electron chi connectivity index (χ0n) is 12.0. The van der Waals surface area contributed by atoms with Crippen LogP contribution in [0.1, 0.15) is 42.3 Å². The zero-order chi connectivity index (χ0) is 14.7. The van der Waals surface area contributed by atoms with Crippen LogP contribution in [0.4, 0.5) is 0 Å². The minimum absolute atomic E-state index is 0.0856. The molecule has 0 amide bonds. The van der Waals surface area contributed by atoms with Crippen LogP contribution in [-0.4, -0.2) is 5.75 Å². The summed E-state index contributed by atoms with van der Waals surface area (Å²) in [5, 5.41) is 0.777. The highest BCUT2D eigenvalue weighted by Gasteiger charge is 2.23. The first-order valence-corrected chi connectivity index (χ1v) is 8.83. The van der Waals surface area contributed by atoms with Crippen LogP contribution in [0, 0.1) is 0 Å². The van der Waals surface area contributed by atoms with Crippen molar-refractivity contribution >= 4 is 23.4 Å². The quantitative estimate of drug-likeness (QED) is 0.747. The summed E-state index contributed by atoms with van der Waals surface area (Å²) < 4.78 is 0. The van der Waals surface area contributed by atoms with Gasteiger partial charge in [-0.15, -0.1) is 11.8 Å². The molecule has 2 aromatic carbocycles. The van der Waals surface area contributed by atoms with Crippen LogP contribution >= 0.6 is 23.4 Å². The van der Waals surface area contributed by atoms with Crippen LogP contribution in [0.25, 0.3) is 0 Å². The molecule has 3 rings (SSSR count). The monoisotopic (exact) mass is 317 g/mol. The van der Waals surface area contributed by atoms with Crippen LogP contribution in [0.3, 0.4) is 0 Å². The molecule has 2 N–H and O–H groups in total. The fourth-order valence-corrected chi connectivity index (χ4v) is 3.75. The summed E-state index contributed by atoms with van der Waals surface area (Å²) in [6.45, 7) is 0. The number of halogens is 1. The van der Waals surface area contributed by atoms with Gasteiger partial charge in [0.2, 0.25) is 0 Å². The van der Waals surface area contributed by atoms with Gasteiger partial charge in [0.05, 0.1) is 0 Å². The third kappa shape index (κ3) is 3.63. The Labute approximate surface area is 135 Å². The maximum atomic E-state index is 6.44. The van der Waals surface area contributed by atoms with Crippen LogP contribution in [0.15, 0.2) is 53.4 Å². The average Bonchev–Trinajstić information content (AvgIpc) is 2.45. The summed E-state index contributed by atoms with van der Waals surface area (Å²) in [5.41, 5.74) is 9.23. The summed E-state index contributed by atoms with van der Waals surface area (Å²) in [6, 6.07) is 16.7. The summed E-state index contributed by atoms with van der Waals surface area (Å²) in [7, 11) is 0. The van der Waals surface area contributed by atoms with Gasteiger partial charge in [-0.3, -0.25) is 0 Å². The predicted molar refractivity (Wildman–Crippen MR) is 92.1 cm³/mol. The number of rotatable bonds is 5. The molecule has 110 valence electrons. The second-order valence-corrected chi connectivity index (χ2v) is 7.16. The third-order valence-corrected chi connectivity index (χ3v) is 5.57. The molecule has 3 heteroatoms. The first kappa shape index (κ1) is 15.0. The van der Waals surface area contributed by atoms with E-state index in [4.69, 9.17) is 17.3 Å². The van der Waals surface area contributed by atoms with E-state index in [0.29, 0.717) is 0 Å². The lowest BCUT2D eigenvalue weighted by Gasteiger charge is -2.29. The molecule has 1 nitrogen and oxygen atoms in total. The summed E-state index contributed by atoms with van der Waals surface area (Å²) in [6.07, 6.45) is 3.98. The molecule has 0 aliphatic heterocycles. The van der Waals surface area contributed by atoms with Crippen molar-refractivity contribution in [1.82, 2.24) is 0 Å². The van der Waals surface area contributed by atoms with Gasteiger partial charge in [0.15, 0.2) is 0 Å². The van der Waals surface area contributed by atoms with E-state index >= 15 is 0 Å². The Balaban J connectivity index is 1.67. The molecular weight excluding hydrogens is 298 g/mol. The number of hydrogen-bond donors (Lipinski definition) is 1. The van der Waals surface area contributed by atoms with E-state index in [-0.39, 0.29) is 6.04 Å². The molecule has 1 atom stereocenters. The molecule has 0 bridgehead atoms. The largest absolute Gasteiger partial charge is 0.323 e. The Morgan fingerprint density at radius 1 is 1.10 bits per heavy atom. The van der Waals surface area contributed by atoms with Crippen LogP contribution in [-0.2, 0) is 0 Å². The maximum absolute atomic E-state index is 6.44. The fraction of sp³-hybridized carbons (Fsp3) is 0.333. The average molecular weight is 318 g/mol. The van der Waals surface area contributed by atoms with E-state index in [2.05, 4.69) is 36.4 Å². The molecule has 1 aliphatic rings. The van der Waals surface area contributed by atoms with Crippen LogP contribution in [0.5, 0.6) is 0 Å². The second kappa shape index (κ2) is 6.87. The molecule has 0 spiro atoms. The molecule has 21 heavy (non-hydrogen) atoms. The number of thioether (sulfide) groups is 1. The van der Waals surface area contributed by atoms with Crippen molar-refractivity contribution in [2.24, 2.45) is 5.73 Å². The second-order valence-electron chi connectivity index (χ2n) is 5.63. The van der Waals surface area contributed by atoms with E-state index in [1.54, 1.807) is 11.8 Å². The van der Waals surface area contributed by atoms with Gasteiger partial charge in [0.1, 0.15) is 0 Å². The van der Waals surface area contributed by atoms with Crippen molar-refractivity contribution in [3.63, 3.8) is 0 Å². The normalized spacial score (nSPS) is 16.5. The molecule has 0 saturated heterocycles. The Morgan fingerprint density at radius 3 is 2.48 bits per heavy atom. The van der Waals surface area contributed by atoms with Crippen LogP contribution in [0.2, 0.25) is 5.02 Å². The summed E-state index contributed by atoms with van der Waals surface area (Å²) in [5.74, 6) is 1.62. The topological polar surface area (TPSA) is 26.0 Å². The van der Waals surface area contributed by atoms with Crippen molar-refractivity contribution in [1.29, 1.82) is 0 Å². The Morgan fingerprint density at radius 2 is 1.81 bits per heavy atom. The molecule has 1 unspecified atom stereocenters. The van der Waals surface area contributed by atoms with E-state index in [0.717, 1.165) is 16.7 Å². The van der Waals surface area contributed by atoms with E-state index < -0.39 is 0 Å². The zero-order valence-corrected chi connectivity index (χ0v) is 13.5. The van der Waals surface area contributed by atoms with Gasteiger partial charge >= 0.3 is 0 Å². The smallest absolute Gasteiger partial charge is 0.0406 e. The van der Waals surface area contributed by atoms with E-state index in [1.165, 1.54) is 35.3 Å². The van der Waals surface area contributed by atoms with E-state index in [1.807, 2.05) is 12.1 Å². The van der Waals surface area contributed by atoms with Gasteiger partial charge in [-0.2, -0.15) is 0 Å². The lowest BCUT2D eigenvalue weighted by molar-refractivity contribution is 0.416. The first-order chi connectivity index (χ1) is 10.2. The van der Waals surface area contributed by atoms with Crippen molar-refractivity contribution in [3.8, 4) is 0 Å². The maximum Gasteiger partial charge on any atom is 0.0406 e. The highest BCUT2D eigenvalue weighted by Crippen LogP contribution is 2.39. The van der Waals surface area contributed by atoms with Gasteiger partial charge in [-0.1, -0.05) is 42.3 Å². The van der Waals surface area contributed by atoms with Gasteiger partial charge in [-0.05, 0) is 54.2 Å². The molecular formula is C18H20ClNS. The number of benzene rings is 2. The van der Waals surface area contributed by atoms with Gasteiger partial charge in [0, 0.05) is 21.7 Å². The van der Waals surface area contributed by atoms with Crippen molar-refractivity contribution < 1.29 is 0 Å². The number of nitrogens with two attached hydrogens (primary N) is 1. The first-order valence-electron chi connectivity index (χ1n) is 7.47. The lowest BCUT2D eigenvalue weighted by Crippen LogP contribution is -2.19. The third-order valence-electron chi connectivity index (χ3n) is 4.18. The predicted octanol–water partition coefficient (Wildman–Crippen LogP) is 5.40. The van der Waals surface area contributed by atoms with Gasteiger partial charge in [-0.25, -0.2) is 0 Å². The van der Waals surface area contributed by atoms with E-state index in [9.17, 15) is 0 Å². The van der Waals surface area contributed by atoms with Crippen molar-refractivity contribution in [2.45, 2.75) is 36.1 Å². The minimum Gasteiger partial charge on any atom is -0.323 e. The van der Waals surface area contributed by atoms with Gasteiger partial charge in [0.25, 0.3) is 0 Å².